The van der Waals surface area contributed by atoms with Gasteiger partial charge in [0.15, 0.2) is 0 Å². The molecule has 2 aromatic heterocycles. The summed E-state index contributed by atoms with van der Waals surface area (Å²) >= 11 is 1.63. The summed E-state index contributed by atoms with van der Waals surface area (Å²) in [5.41, 5.74) is 2.02. The number of nitrogens with one attached hydrogen (secondary N) is 2. The van der Waals surface area contributed by atoms with Crippen LogP contribution in [0.4, 0.5) is 4.79 Å². The maximum absolute atomic E-state index is 11.9. The smallest absolute Gasteiger partial charge is 0.315 e. The number of hydrogen-bond donors (Lipinski definition) is 2. The zero-order chi connectivity index (χ0) is 16.8. The second kappa shape index (κ2) is 7.74. The first kappa shape index (κ1) is 16.2. The van der Waals surface area contributed by atoms with E-state index in [9.17, 15) is 4.79 Å². The van der Waals surface area contributed by atoms with Crippen molar-refractivity contribution in [1.82, 2.24) is 25.4 Å². The number of aryl methyl sites for hydroxylation is 1. The van der Waals surface area contributed by atoms with E-state index in [0.717, 1.165) is 22.7 Å². The predicted octanol–water partition coefficient (Wildman–Crippen LogP) is 2.89. The molecule has 0 saturated heterocycles. The number of rotatable bonds is 6. The molecular formula is C17H19N5OS. The van der Waals surface area contributed by atoms with Gasteiger partial charge in [-0.2, -0.15) is 5.10 Å². The van der Waals surface area contributed by atoms with Crippen molar-refractivity contribution in [3.63, 3.8) is 0 Å². The number of amides is 2. The maximum atomic E-state index is 11.9. The summed E-state index contributed by atoms with van der Waals surface area (Å²) in [6.07, 6.45) is 6.47. The van der Waals surface area contributed by atoms with E-state index in [1.807, 2.05) is 42.7 Å². The normalized spacial score (nSPS) is 10.5. The molecule has 2 N–H and O–H groups in total. The molecule has 2 amide bonds. The van der Waals surface area contributed by atoms with Gasteiger partial charge in [0.1, 0.15) is 5.01 Å². The summed E-state index contributed by atoms with van der Waals surface area (Å²) in [7, 11) is 0. The van der Waals surface area contributed by atoms with Gasteiger partial charge in [-0.1, -0.05) is 19.1 Å². The summed E-state index contributed by atoms with van der Waals surface area (Å²) in [5.74, 6) is 0. The van der Waals surface area contributed by atoms with E-state index < -0.39 is 0 Å². The van der Waals surface area contributed by atoms with E-state index in [0.29, 0.717) is 13.1 Å². The molecule has 0 aliphatic carbocycles. The Labute approximate surface area is 144 Å². The molecule has 2 heterocycles. The Morgan fingerprint density at radius 1 is 1.21 bits per heavy atom. The van der Waals surface area contributed by atoms with E-state index in [2.05, 4.69) is 27.6 Å². The van der Waals surface area contributed by atoms with Gasteiger partial charge in [0.2, 0.25) is 0 Å². The Morgan fingerprint density at radius 3 is 2.67 bits per heavy atom. The summed E-state index contributed by atoms with van der Waals surface area (Å²) in [6, 6.07) is 9.59. The molecule has 3 rings (SSSR count). The zero-order valence-electron chi connectivity index (χ0n) is 13.4. The molecule has 124 valence electrons. The molecule has 7 heteroatoms. The van der Waals surface area contributed by atoms with Gasteiger partial charge in [-0.3, -0.25) is 0 Å². The zero-order valence-corrected chi connectivity index (χ0v) is 14.2. The quantitative estimate of drug-likeness (QED) is 0.724. The second-order valence-corrected chi connectivity index (χ2v) is 6.43. The number of aromatic nitrogens is 3. The highest BCUT2D eigenvalue weighted by Crippen LogP contribution is 2.12. The maximum Gasteiger partial charge on any atom is 0.315 e. The van der Waals surface area contributed by atoms with Crippen LogP contribution in [0.5, 0.6) is 0 Å². The van der Waals surface area contributed by atoms with E-state index in [1.54, 1.807) is 22.2 Å². The number of carbonyl (C=O) groups excluding carboxylic acids is 1. The standard InChI is InChI=1S/C17H19N5OS/c1-2-15-11-18-16(24-15)12-20-17(23)19-10-13-4-6-14(7-5-13)22-9-3-8-21-22/h3-9,11H,2,10,12H2,1H3,(H2,19,20,23). The van der Waals surface area contributed by atoms with Crippen molar-refractivity contribution in [2.45, 2.75) is 26.4 Å². The van der Waals surface area contributed by atoms with Crippen LogP contribution in [0.3, 0.4) is 0 Å². The molecule has 3 aromatic rings. The third kappa shape index (κ3) is 4.20. The van der Waals surface area contributed by atoms with Crippen molar-refractivity contribution in [2.75, 3.05) is 0 Å². The molecule has 6 nitrogen and oxygen atoms in total. The highest BCUT2D eigenvalue weighted by Gasteiger charge is 2.04. The Kier molecular flexibility index (Phi) is 5.22. The SMILES string of the molecule is CCc1cnc(CNC(=O)NCc2ccc(-n3cccn3)cc2)s1. The fraction of sp³-hybridized carbons (Fsp3) is 0.235. The molecule has 24 heavy (non-hydrogen) atoms. The van der Waals surface area contributed by atoms with Gasteiger partial charge < -0.3 is 10.6 Å². The molecule has 0 aliphatic heterocycles. The first-order valence-corrected chi connectivity index (χ1v) is 8.60. The fourth-order valence-electron chi connectivity index (χ4n) is 2.18. The Hall–Kier alpha value is -2.67. The first-order valence-electron chi connectivity index (χ1n) is 7.79. The number of urea groups is 1. The number of carbonyl (C=O) groups is 1. The van der Waals surface area contributed by atoms with Crippen LogP contribution >= 0.6 is 11.3 Å². The van der Waals surface area contributed by atoms with Gasteiger partial charge in [-0.25, -0.2) is 14.5 Å². The molecule has 1 aromatic carbocycles. The lowest BCUT2D eigenvalue weighted by atomic mass is 10.2. The average Bonchev–Trinajstić information content (AvgIpc) is 3.30. The lowest BCUT2D eigenvalue weighted by molar-refractivity contribution is 0.240. The van der Waals surface area contributed by atoms with Gasteiger partial charge in [0.25, 0.3) is 0 Å². The monoisotopic (exact) mass is 341 g/mol. The minimum absolute atomic E-state index is 0.195. The first-order chi connectivity index (χ1) is 11.7. The lowest BCUT2D eigenvalue weighted by Gasteiger charge is -2.07. The molecular weight excluding hydrogens is 322 g/mol. The van der Waals surface area contributed by atoms with Gasteiger partial charge in [-0.15, -0.1) is 11.3 Å². The molecule has 0 bridgehead atoms. The largest absolute Gasteiger partial charge is 0.334 e. The van der Waals surface area contributed by atoms with Crippen LogP contribution in [0.1, 0.15) is 22.4 Å². The minimum Gasteiger partial charge on any atom is -0.334 e. The topological polar surface area (TPSA) is 71.8 Å². The number of nitrogens with zero attached hydrogens (tertiary/aromatic N) is 3. The van der Waals surface area contributed by atoms with E-state index in [-0.39, 0.29) is 6.03 Å². The van der Waals surface area contributed by atoms with Crippen LogP contribution in [0.25, 0.3) is 5.69 Å². The van der Waals surface area contributed by atoms with Crippen molar-refractivity contribution >= 4 is 17.4 Å². The Balaban J connectivity index is 1.45. The van der Waals surface area contributed by atoms with Crippen LogP contribution in [0.2, 0.25) is 0 Å². The van der Waals surface area contributed by atoms with E-state index >= 15 is 0 Å². The third-order valence-electron chi connectivity index (χ3n) is 3.51. The van der Waals surface area contributed by atoms with Crippen LogP contribution in [-0.4, -0.2) is 20.8 Å². The summed E-state index contributed by atoms with van der Waals surface area (Å²) in [6.45, 7) is 3.02. The van der Waals surface area contributed by atoms with Crippen molar-refractivity contribution < 1.29 is 4.79 Å². The van der Waals surface area contributed by atoms with Gasteiger partial charge >= 0.3 is 6.03 Å². The van der Waals surface area contributed by atoms with Crippen LogP contribution in [0, 0.1) is 0 Å². The number of hydrogen-bond acceptors (Lipinski definition) is 4. The lowest BCUT2D eigenvalue weighted by Crippen LogP contribution is -2.34. The van der Waals surface area contributed by atoms with Gasteiger partial charge in [0, 0.05) is 30.0 Å². The van der Waals surface area contributed by atoms with Crippen LogP contribution in [0.15, 0.2) is 48.9 Å². The fourth-order valence-corrected chi connectivity index (χ4v) is 2.98. The molecule has 0 spiro atoms. The third-order valence-corrected chi connectivity index (χ3v) is 4.65. The molecule has 0 fully saturated rings. The van der Waals surface area contributed by atoms with Gasteiger partial charge in [0.05, 0.1) is 12.2 Å². The van der Waals surface area contributed by atoms with Crippen molar-refractivity contribution in [3.8, 4) is 5.69 Å². The number of thiazole rings is 1. The van der Waals surface area contributed by atoms with E-state index in [1.165, 1.54) is 4.88 Å². The Bertz CT molecular complexity index is 780. The number of benzene rings is 1. The summed E-state index contributed by atoms with van der Waals surface area (Å²) < 4.78 is 1.79. The summed E-state index contributed by atoms with van der Waals surface area (Å²) in [4.78, 5) is 17.4. The van der Waals surface area contributed by atoms with Gasteiger partial charge in [-0.05, 0) is 30.2 Å². The van der Waals surface area contributed by atoms with Crippen LogP contribution < -0.4 is 10.6 Å². The highest BCUT2D eigenvalue weighted by molar-refractivity contribution is 7.11. The Morgan fingerprint density at radius 2 is 2.00 bits per heavy atom. The molecule has 0 saturated carbocycles. The molecule has 0 atom stereocenters. The minimum atomic E-state index is -0.195. The highest BCUT2D eigenvalue weighted by atomic mass is 32.1. The summed E-state index contributed by atoms with van der Waals surface area (Å²) in [5, 5.41) is 10.8. The molecule has 0 aliphatic rings. The van der Waals surface area contributed by atoms with Crippen molar-refractivity contribution in [2.24, 2.45) is 0 Å². The molecule has 0 radical (unpaired) electrons. The van der Waals surface area contributed by atoms with Crippen LogP contribution in [-0.2, 0) is 19.5 Å². The van der Waals surface area contributed by atoms with Crippen molar-refractivity contribution in [1.29, 1.82) is 0 Å². The predicted molar refractivity (Wildman–Crippen MR) is 94.1 cm³/mol. The second-order valence-electron chi connectivity index (χ2n) is 5.23. The van der Waals surface area contributed by atoms with E-state index in [4.69, 9.17) is 0 Å². The molecule has 0 unspecified atom stereocenters. The average molecular weight is 341 g/mol. The van der Waals surface area contributed by atoms with Crippen molar-refractivity contribution in [3.05, 3.63) is 64.4 Å².